The minimum absolute atomic E-state index is 0.0568. The Morgan fingerprint density at radius 3 is 2.24 bits per heavy atom. The molecule has 8 nitrogen and oxygen atoms in total. The van der Waals surface area contributed by atoms with Gasteiger partial charge in [-0.15, -0.1) is 0 Å². The van der Waals surface area contributed by atoms with Crippen molar-refractivity contribution in [3.63, 3.8) is 0 Å². The van der Waals surface area contributed by atoms with Crippen LogP contribution in [0.4, 0.5) is 0 Å². The maximum Gasteiger partial charge on any atom is 0.309 e. The number of aliphatic hydroxyl groups is 1. The van der Waals surface area contributed by atoms with Crippen LogP contribution < -0.4 is 5.32 Å². The van der Waals surface area contributed by atoms with Gasteiger partial charge in [-0.3, -0.25) is 19.2 Å². The highest BCUT2D eigenvalue weighted by atomic mass is 16.5. The predicted molar refractivity (Wildman–Crippen MR) is 196 cm³/mol. The Balaban J connectivity index is 1.24. The molecule has 51 heavy (non-hydrogen) atoms. The molecule has 0 saturated heterocycles. The van der Waals surface area contributed by atoms with Crippen molar-refractivity contribution in [1.29, 1.82) is 0 Å². The Labute approximate surface area is 304 Å². The van der Waals surface area contributed by atoms with Gasteiger partial charge in [-0.05, 0) is 123 Å². The molecule has 9 atom stereocenters. The number of hydrogen-bond donors (Lipinski definition) is 3. The summed E-state index contributed by atoms with van der Waals surface area (Å²) in [6.07, 6.45) is 6.63. The average Bonchev–Trinajstić information content (AvgIpc) is 3.38. The largest absolute Gasteiger partial charge is 0.481 e. The van der Waals surface area contributed by atoms with Crippen LogP contribution in [0.25, 0.3) is 0 Å². The number of carbonyl (C=O) groups is 4. The van der Waals surface area contributed by atoms with E-state index in [-0.39, 0.29) is 58.8 Å². The number of aliphatic hydroxyl groups excluding tert-OH is 1. The number of amides is 1. The Morgan fingerprint density at radius 1 is 0.922 bits per heavy atom. The second-order valence-corrected chi connectivity index (χ2v) is 19.0. The fraction of sp³-hybridized carbons (Fsp3) is 0.721. The summed E-state index contributed by atoms with van der Waals surface area (Å²) in [7, 11) is 0. The quantitative estimate of drug-likeness (QED) is 0.224. The van der Waals surface area contributed by atoms with Gasteiger partial charge in [0.15, 0.2) is 5.78 Å². The molecule has 4 fully saturated rings. The molecule has 8 heteroatoms. The number of esters is 1. The minimum Gasteiger partial charge on any atom is -0.481 e. The first-order chi connectivity index (χ1) is 23.8. The summed E-state index contributed by atoms with van der Waals surface area (Å²) < 4.78 is 6.13. The maximum atomic E-state index is 13.9. The fourth-order valence-corrected chi connectivity index (χ4v) is 12.7. The van der Waals surface area contributed by atoms with Crippen molar-refractivity contribution in [1.82, 2.24) is 5.32 Å². The van der Waals surface area contributed by atoms with Gasteiger partial charge in [0, 0.05) is 29.4 Å². The van der Waals surface area contributed by atoms with Crippen LogP contribution in [0.15, 0.2) is 41.5 Å². The van der Waals surface area contributed by atoms with E-state index in [1.165, 1.54) is 5.57 Å². The van der Waals surface area contributed by atoms with Crippen molar-refractivity contribution < 1.29 is 34.1 Å². The summed E-state index contributed by atoms with van der Waals surface area (Å²) in [6, 6.07) is 9.06. The van der Waals surface area contributed by atoms with Crippen molar-refractivity contribution in [2.45, 2.75) is 132 Å². The zero-order chi connectivity index (χ0) is 37.3. The van der Waals surface area contributed by atoms with E-state index in [1.807, 2.05) is 18.2 Å². The van der Waals surface area contributed by atoms with Gasteiger partial charge in [-0.25, -0.2) is 0 Å². The molecule has 3 N–H and O–H groups in total. The van der Waals surface area contributed by atoms with Gasteiger partial charge in [0.25, 0.3) is 5.91 Å². The number of Topliss-reactive ketones (excluding diaryl/α,β-unsaturated/α-hetero) is 1. The molecule has 5 aliphatic carbocycles. The van der Waals surface area contributed by atoms with Gasteiger partial charge in [-0.2, -0.15) is 0 Å². The first kappa shape index (κ1) is 37.7. The van der Waals surface area contributed by atoms with Crippen LogP contribution in [0, 0.1) is 56.7 Å². The molecule has 0 spiro atoms. The van der Waals surface area contributed by atoms with Gasteiger partial charge in [0.2, 0.25) is 0 Å². The Bertz CT molecular complexity index is 1590. The van der Waals surface area contributed by atoms with Gasteiger partial charge in [0.1, 0.15) is 6.10 Å². The second-order valence-electron chi connectivity index (χ2n) is 19.0. The Morgan fingerprint density at radius 2 is 1.59 bits per heavy atom. The molecule has 0 radical (unpaired) electrons. The van der Waals surface area contributed by atoms with Gasteiger partial charge in [-0.1, -0.05) is 65.3 Å². The number of carbonyl (C=O) groups excluding carboxylic acids is 3. The molecular formula is C43H61NO7. The van der Waals surface area contributed by atoms with Crippen LogP contribution in [-0.2, 0) is 19.1 Å². The zero-order valence-corrected chi connectivity index (χ0v) is 32.1. The number of ketones is 1. The lowest BCUT2D eigenvalue weighted by atomic mass is 9.36. The van der Waals surface area contributed by atoms with Crippen molar-refractivity contribution in [3.8, 4) is 0 Å². The second kappa shape index (κ2) is 13.1. The molecule has 4 saturated carbocycles. The minimum atomic E-state index is -1.17. The highest BCUT2D eigenvalue weighted by Gasteiger charge is 2.67. The number of aliphatic carboxylic acids is 1. The summed E-state index contributed by atoms with van der Waals surface area (Å²) in [5.41, 5.74) is 0.733. The monoisotopic (exact) mass is 703 g/mol. The molecule has 1 aromatic carbocycles. The van der Waals surface area contributed by atoms with E-state index in [0.717, 1.165) is 56.9 Å². The number of rotatable bonds is 9. The van der Waals surface area contributed by atoms with Gasteiger partial charge in [0.05, 0.1) is 17.9 Å². The standard InChI is InChI=1S/C43H61NO7/c1-25(2)35-29(45)22-43(32(46)24-44-37(48)26-12-10-9-11-13-26)21-16-28-27(36(35)43)14-15-31-41(28,7)19-17-30-40(5,6)33(18-20-42(30,31)8)51-34(47)23-39(3,4)38(49)50/h9-13,25,27-28,30-33,46H,14-24H2,1-8H3,(H,44,48)(H,49,50)/t27?,28?,30?,31?,32-,33?,41?,42?,43?/m0/s1. The molecule has 1 amide bonds. The molecule has 5 aliphatic rings. The number of allylic oxidation sites excluding steroid dienone is 1. The lowest BCUT2D eigenvalue weighted by Crippen LogP contribution is -2.63. The van der Waals surface area contributed by atoms with E-state index in [0.29, 0.717) is 29.7 Å². The van der Waals surface area contributed by atoms with Crippen molar-refractivity contribution in [3.05, 3.63) is 47.0 Å². The van der Waals surface area contributed by atoms with E-state index in [4.69, 9.17) is 4.74 Å². The van der Waals surface area contributed by atoms with Crippen molar-refractivity contribution in [2.24, 2.45) is 56.7 Å². The summed E-state index contributed by atoms with van der Waals surface area (Å²) in [6.45, 7) is 17.0. The summed E-state index contributed by atoms with van der Waals surface area (Å²) in [5.74, 6) is 0.0536. The topological polar surface area (TPSA) is 130 Å². The zero-order valence-electron chi connectivity index (χ0n) is 32.1. The van der Waals surface area contributed by atoms with Gasteiger partial charge >= 0.3 is 11.9 Å². The van der Waals surface area contributed by atoms with E-state index < -0.39 is 28.9 Å². The first-order valence-electron chi connectivity index (χ1n) is 19.5. The highest BCUT2D eigenvalue weighted by molar-refractivity contribution is 6.01. The van der Waals surface area contributed by atoms with Crippen LogP contribution in [0.1, 0.15) is 130 Å². The number of fused-ring (bicyclic) bond motifs is 7. The van der Waals surface area contributed by atoms with Gasteiger partial charge < -0.3 is 20.3 Å². The van der Waals surface area contributed by atoms with E-state index in [9.17, 15) is 29.4 Å². The summed E-state index contributed by atoms with van der Waals surface area (Å²) in [5, 5.41) is 24.6. The third kappa shape index (κ3) is 6.09. The van der Waals surface area contributed by atoms with Crippen LogP contribution >= 0.6 is 0 Å². The average molecular weight is 704 g/mol. The first-order valence-corrected chi connectivity index (χ1v) is 19.5. The third-order valence-electron chi connectivity index (χ3n) is 15.2. The van der Waals surface area contributed by atoms with Crippen LogP contribution in [0.3, 0.4) is 0 Å². The smallest absolute Gasteiger partial charge is 0.309 e. The third-order valence-corrected chi connectivity index (χ3v) is 15.2. The normalized spacial score (nSPS) is 36.4. The molecule has 0 bridgehead atoms. The Hall–Kier alpha value is -3.00. The lowest BCUT2D eigenvalue weighted by molar-refractivity contribution is -0.214. The highest BCUT2D eigenvalue weighted by Crippen LogP contribution is 2.73. The predicted octanol–water partition coefficient (Wildman–Crippen LogP) is 7.78. The number of carboxylic acids is 1. The fourth-order valence-electron chi connectivity index (χ4n) is 12.7. The van der Waals surface area contributed by atoms with Crippen LogP contribution in [0.2, 0.25) is 0 Å². The van der Waals surface area contributed by atoms with Crippen molar-refractivity contribution >= 4 is 23.6 Å². The molecule has 1 aromatic rings. The molecule has 280 valence electrons. The summed E-state index contributed by atoms with van der Waals surface area (Å²) in [4.78, 5) is 51.6. The van der Waals surface area contributed by atoms with Crippen LogP contribution in [-0.4, -0.2) is 52.6 Å². The molecule has 0 aromatic heterocycles. The SMILES string of the molecule is CC(C)C1=C2C3CCC4C(C)(CCC5C(C)(C)C(OC(=O)CC(C)(C)C(=O)O)CCC54C)C3CCC2([C@@H](O)CNC(=O)c2ccccc2)CC1=O. The number of benzene rings is 1. The number of ether oxygens (including phenoxy) is 1. The number of carboxylic acid groups (broad SMARTS) is 1. The summed E-state index contributed by atoms with van der Waals surface area (Å²) >= 11 is 0. The number of hydrogen-bond acceptors (Lipinski definition) is 6. The molecule has 0 aliphatic heterocycles. The lowest BCUT2D eigenvalue weighted by Gasteiger charge is -2.69. The molecule has 8 unspecified atom stereocenters. The Kier molecular flexibility index (Phi) is 9.73. The number of nitrogens with one attached hydrogen (secondary N) is 1. The van der Waals surface area contributed by atoms with Crippen LogP contribution in [0.5, 0.6) is 0 Å². The maximum absolute atomic E-state index is 13.9. The molecular weight excluding hydrogens is 642 g/mol. The van der Waals surface area contributed by atoms with Crippen molar-refractivity contribution in [2.75, 3.05) is 6.54 Å². The molecule has 6 rings (SSSR count). The van der Waals surface area contributed by atoms with E-state index >= 15 is 0 Å². The van der Waals surface area contributed by atoms with E-state index in [2.05, 4.69) is 46.9 Å². The molecule has 0 heterocycles. The van der Waals surface area contributed by atoms with E-state index in [1.54, 1.807) is 26.0 Å².